The van der Waals surface area contributed by atoms with Crippen molar-refractivity contribution in [2.45, 2.75) is 19.4 Å². The third-order valence-corrected chi connectivity index (χ3v) is 3.67. The number of nitrogens with zero attached hydrogens (tertiary/aromatic N) is 1. The lowest BCUT2D eigenvalue weighted by Crippen LogP contribution is -2.26. The van der Waals surface area contributed by atoms with Crippen LogP contribution < -0.4 is 4.90 Å². The Bertz CT molecular complexity index is 684. The predicted molar refractivity (Wildman–Crippen MR) is 75.1 cm³/mol. The molecule has 0 spiro atoms. The van der Waals surface area contributed by atoms with E-state index in [4.69, 9.17) is 0 Å². The van der Waals surface area contributed by atoms with Crippen molar-refractivity contribution in [2.24, 2.45) is 0 Å². The normalized spacial score (nSPS) is 17.1. The summed E-state index contributed by atoms with van der Waals surface area (Å²) < 4.78 is 13.8. The zero-order valence-corrected chi connectivity index (χ0v) is 11.0. The Hall–Kier alpha value is -2.36. The fraction of sp³-hybridized carbons (Fsp3) is 0.188. The van der Waals surface area contributed by atoms with E-state index in [-0.39, 0.29) is 11.6 Å². The summed E-state index contributed by atoms with van der Waals surface area (Å²) in [6, 6.07) is 12.3. The van der Waals surface area contributed by atoms with Crippen molar-refractivity contribution in [1.82, 2.24) is 0 Å². The first kappa shape index (κ1) is 12.7. The summed E-state index contributed by atoms with van der Waals surface area (Å²) in [4.78, 5) is 13.3. The van der Waals surface area contributed by atoms with Crippen LogP contribution in [0.2, 0.25) is 0 Å². The molecule has 1 heterocycles. The molecule has 20 heavy (non-hydrogen) atoms. The van der Waals surface area contributed by atoms with Gasteiger partial charge in [-0.3, -0.25) is 0 Å². The number of aromatic carboxylic acids is 1. The first-order valence-electron chi connectivity index (χ1n) is 6.48. The number of anilines is 2. The van der Waals surface area contributed by atoms with Crippen LogP contribution in [0.15, 0.2) is 42.5 Å². The van der Waals surface area contributed by atoms with Gasteiger partial charge in [0.1, 0.15) is 11.4 Å². The molecule has 1 atom stereocenters. The third kappa shape index (κ3) is 1.84. The first-order valence-corrected chi connectivity index (χ1v) is 6.48. The number of rotatable bonds is 2. The fourth-order valence-electron chi connectivity index (χ4n) is 2.86. The highest BCUT2D eigenvalue weighted by Gasteiger charge is 2.30. The Morgan fingerprint density at radius 3 is 2.65 bits per heavy atom. The number of fused-ring (bicyclic) bond motifs is 1. The molecule has 0 saturated heterocycles. The largest absolute Gasteiger partial charge is 0.478 e. The van der Waals surface area contributed by atoms with Gasteiger partial charge < -0.3 is 10.0 Å². The number of para-hydroxylation sites is 1. The fourth-order valence-corrected chi connectivity index (χ4v) is 2.86. The summed E-state index contributed by atoms with van der Waals surface area (Å²) in [5, 5.41) is 9.27. The van der Waals surface area contributed by atoms with Gasteiger partial charge in [-0.25, -0.2) is 9.18 Å². The number of halogens is 1. The lowest BCUT2D eigenvalue weighted by Gasteiger charge is -2.26. The monoisotopic (exact) mass is 271 g/mol. The lowest BCUT2D eigenvalue weighted by atomic mass is 10.1. The molecule has 0 aliphatic carbocycles. The maximum absolute atomic E-state index is 13.8. The molecule has 0 bridgehead atoms. The number of hydrogen-bond donors (Lipinski definition) is 1. The van der Waals surface area contributed by atoms with Gasteiger partial charge in [0, 0.05) is 11.7 Å². The van der Waals surface area contributed by atoms with E-state index in [0.29, 0.717) is 5.69 Å². The van der Waals surface area contributed by atoms with E-state index in [1.807, 2.05) is 36.1 Å². The summed E-state index contributed by atoms with van der Waals surface area (Å²) in [6.45, 7) is 2.01. The van der Waals surface area contributed by atoms with Crippen molar-refractivity contribution in [2.75, 3.05) is 4.90 Å². The molecular weight excluding hydrogens is 257 g/mol. The third-order valence-electron chi connectivity index (χ3n) is 3.67. The maximum atomic E-state index is 13.8. The van der Waals surface area contributed by atoms with E-state index >= 15 is 0 Å². The van der Waals surface area contributed by atoms with Crippen LogP contribution in [0, 0.1) is 5.82 Å². The molecule has 1 N–H and O–H groups in total. The van der Waals surface area contributed by atoms with E-state index in [1.165, 1.54) is 6.07 Å². The average Bonchev–Trinajstić information content (AvgIpc) is 2.73. The van der Waals surface area contributed by atoms with Crippen molar-refractivity contribution in [1.29, 1.82) is 0 Å². The second-order valence-corrected chi connectivity index (χ2v) is 4.99. The number of hydrogen-bond acceptors (Lipinski definition) is 2. The summed E-state index contributed by atoms with van der Waals surface area (Å²) in [7, 11) is 0. The highest BCUT2D eigenvalue weighted by atomic mass is 19.1. The van der Waals surface area contributed by atoms with Crippen molar-refractivity contribution in [3.63, 3.8) is 0 Å². The van der Waals surface area contributed by atoms with Crippen LogP contribution in [0.3, 0.4) is 0 Å². The van der Waals surface area contributed by atoms with E-state index in [9.17, 15) is 14.3 Å². The highest BCUT2D eigenvalue weighted by molar-refractivity contribution is 5.96. The van der Waals surface area contributed by atoms with Crippen LogP contribution in [-0.4, -0.2) is 17.1 Å². The van der Waals surface area contributed by atoms with E-state index < -0.39 is 11.8 Å². The molecule has 0 radical (unpaired) electrons. The molecule has 1 unspecified atom stereocenters. The quantitative estimate of drug-likeness (QED) is 0.907. The zero-order valence-electron chi connectivity index (χ0n) is 11.0. The predicted octanol–water partition coefficient (Wildman–Crippen LogP) is 3.61. The molecule has 2 aromatic carbocycles. The average molecular weight is 271 g/mol. The minimum atomic E-state index is -1.24. The summed E-state index contributed by atoms with van der Waals surface area (Å²) in [6.07, 6.45) is 0.825. The van der Waals surface area contributed by atoms with Gasteiger partial charge in [-0.05, 0) is 37.1 Å². The SMILES string of the molecule is CC1Cc2ccccc2N1c1cccc(F)c1C(=O)O. The standard InChI is InChI=1S/C16H14FNO2/c1-10-9-11-5-2-3-7-13(11)18(10)14-8-4-6-12(17)15(14)16(19)20/h2-8,10H,9H2,1H3,(H,19,20). The molecule has 3 rings (SSSR count). The van der Waals surface area contributed by atoms with E-state index in [0.717, 1.165) is 17.7 Å². The van der Waals surface area contributed by atoms with Gasteiger partial charge in [0.15, 0.2) is 0 Å². The van der Waals surface area contributed by atoms with Crippen LogP contribution in [0.1, 0.15) is 22.8 Å². The Labute approximate surface area is 116 Å². The first-order chi connectivity index (χ1) is 9.59. The molecule has 2 aromatic rings. The number of carbonyl (C=O) groups is 1. The topological polar surface area (TPSA) is 40.5 Å². The van der Waals surface area contributed by atoms with E-state index in [2.05, 4.69) is 0 Å². The van der Waals surface area contributed by atoms with Crippen LogP contribution in [0.4, 0.5) is 15.8 Å². The van der Waals surface area contributed by atoms with Crippen LogP contribution in [0.5, 0.6) is 0 Å². The van der Waals surface area contributed by atoms with Crippen LogP contribution >= 0.6 is 0 Å². The Kier molecular flexibility index (Phi) is 2.93. The van der Waals surface area contributed by atoms with Gasteiger partial charge in [-0.1, -0.05) is 24.3 Å². The minimum Gasteiger partial charge on any atom is -0.478 e. The highest BCUT2D eigenvalue weighted by Crippen LogP contribution is 2.40. The van der Waals surface area contributed by atoms with Crippen molar-refractivity contribution >= 4 is 17.3 Å². The van der Waals surface area contributed by atoms with Crippen LogP contribution in [-0.2, 0) is 6.42 Å². The molecule has 1 aliphatic rings. The van der Waals surface area contributed by atoms with E-state index in [1.54, 1.807) is 12.1 Å². The molecule has 1 aliphatic heterocycles. The minimum absolute atomic E-state index is 0.104. The molecule has 0 saturated carbocycles. The Morgan fingerprint density at radius 1 is 1.20 bits per heavy atom. The zero-order chi connectivity index (χ0) is 14.3. The lowest BCUT2D eigenvalue weighted by molar-refractivity contribution is 0.0692. The summed E-state index contributed by atoms with van der Waals surface area (Å²) >= 11 is 0. The molecular formula is C16H14FNO2. The maximum Gasteiger partial charge on any atom is 0.340 e. The molecule has 0 fully saturated rings. The molecule has 0 amide bonds. The summed E-state index contributed by atoms with van der Waals surface area (Å²) in [5.41, 5.74) is 2.25. The number of benzene rings is 2. The Morgan fingerprint density at radius 2 is 1.90 bits per heavy atom. The van der Waals surface area contributed by atoms with Crippen molar-refractivity contribution in [3.05, 3.63) is 59.4 Å². The van der Waals surface area contributed by atoms with Crippen LogP contribution in [0.25, 0.3) is 0 Å². The molecule has 3 nitrogen and oxygen atoms in total. The van der Waals surface area contributed by atoms with Crippen molar-refractivity contribution < 1.29 is 14.3 Å². The van der Waals surface area contributed by atoms with Gasteiger partial charge >= 0.3 is 5.97 Å². The second-order valence-electron chi connectivity index (χ2n) is 4.99. The second kappa shape index (κ2) is 4.63. The summed E-state index contributed by atoms with van der Waals surface area (Å²) in [5.74, 6) is -1.94. The van der Waals surface area contributed by atoms with Gasteiger partial charge in [0.05, 0.1) is 5.69 Å². The molecule has 0 aromatic heterocycles. The number of carboxylic acid groups (broad SMARTS) is 1. The van der Waals surface area contributed by atoms with Gasteiger partial charge in [-0.2, -0.15) is 0 Å². The smallest absolute Gasteiger partial charge is 0.340 e. The van der Waals surface area contributed by atoms with Crippen molar-refractivity contribution in [3.8, 4) is 0 Å². The number of carboxylic acids is 1. The molecule has 4 heteroatoms. The Balaban J connectivity index is 2.20. The van der Waals surface area contributed by atoms with Gasteiger partial charge in [0.2, 0.25) is 0 Å². The van der Waals surface area contributed by atoms with Gasteiger partial charge in [0.25, 0.3) is 0 Å². The molecule has 102 valence electrons. The van der Waals surface area contributed by atoms with Gasteiger partial charge in [-0.15, -0.1) is 0 Å².